The Labute approximate surface area is 118 Å². The number of rotatable bonds is 3. The molecule has 3 aliphatic carbocycles. The molecule has 1 N–H and O–H groups in total. The molecule has 0 aromatic heterocycles. The first-order valence-corrected chi connectivity index (χ1v) is 8.21. The molecule has 0 saturated heterocycles. The van der Waals surface area contributed by atoms with Crippen LogP contribution in [0.15, 0.2) is 12.7 Å². The Morgan fingerprint density at radius 2 is 2.00 bits per heavy atom. The number of aliphatic hydroxyl groups is 1. The molecule has 0 aromatic rings. The van der Waals surface area contributed by atoms with Crippen molar-refractivity contribution >= 4 is 0 Å². The van der Waals surface area contributed by atoms with Crippen LogP contribution in [-0.2, 0) is 0 Å². The average molecular weight is 262 g/mol. The fourth-order valence-corrected chi connectivity index (χ4v) is 6.52. The van der Waals surface area contributed by atoms with E-state index in [1.54, 1.807) is 0 Å². The van der Waals surface area contributed by atoms with Gasteiger partial charge >= 0.3 is 0 Å². The lowest BCUT2D eigenvalue weighted by molar-refractivity contribution is -0.0194. The molecule has 0 unspecified atom stereocenters. The van der Waals surface area contributed by atoms with Crippen LogP contribution < -0.4 is 0 Å². The van der Waals surface area contributed by atoms with Gasteiger partial charge in [-0.15, -0.1) is 6.58 Å². The van der Waals surface area contributed by atoms with Crippen molar-refractivity contribution in [2.45, 2.75) is 65.4 Å². The molecule has 19 heavy (non-hydrogen) atoms. The van der Waals surface area contributed by atoms with E-state index in [0.29, 0.717) is 16.7 Å². The summed E-state index contributed by atoms with van der Waals surface area (Å²) in [5, 5.41) is 10.7. The maximum absolute atomic E-state index is 10.7. The van der Waals surface area contributed by atoms with Crippen LogP contribution in [0.2, 0.25) is 0 Å². The molecule has 0 amide bonds. The van der Waals surface area contributed by atoms with Crippen LogP contribution in [-0.4, -0.2) is 11.2 Å². The molecule has 3 rings (SSSR count). The summed E-state index contributed by atoms with van der Waals surface area (Å²) in [4.78, 5) is 0. The Morgan fingerprint density at radius 1 is 1.26 bits per heavy atom. The fourth-order valence-electron chi connectivity index (χ4n) is 6.52. The zero-order valence-electron chi connectivity index (χ0n) is 12.9. The lowest BCUT2D eigenvalue weighted by Crippen LogP contribution is -2.41. The van der Waals surface area contributed by atoms with Crippen LogP contribution in [0, 0.1) is 34.5 Å². The molecule has 0 spiro atoms. The summed E-state index contributed by atoms with van der Waals surface area (Å²) in [6.07, 6.45) is 9.34. The van der Waals surface area contributed by atoms with Gasteiger partial charge in [0.05, 0.1) is 6.10 Å². The normalized spacial score (nSPS) is 48.8. The molecule has 0 aromatic carbocycles. The molecule has 4 bridgehead atoms. The predicted octanol–water partition coefficient (Wildman–Crippen LogP) is 4.41. The zero-order valence-corrected chi connectivity index (χ0v) is 12.9. The van der Waals surface area contributed by atoms with Gasteiger partial charge < -0.3 is 5.11 Å². The maximum atomic E-state index is 10.7. The third kappa shape index (κ3) is 1.77. The molecule has 0 heterocycles. The van der Waals surface area contributed by atoms with Gasteiger partial charge in [-0.2, -0.15) is 0 Å². The molecule has 0 radical (unpaired) electrons. The van der Waals surface area contributed by atoms with E-state index in [-0.39, 0.29) is 6.10 Å². The van der Waals surface area contributed by atoms with Crippen molar-refractivity contribution in [2.75, 3.05) is 0 Å². The van der Waals surface area contributed by atoms with Gasteiger partial charge in [0.15, 0.2) is 0 Å². The van der Waals surface area contributed by atoms with Crippen LogP contribution in [0.25, 0.3) is 0 Å². The highest BCUT2D eigenvalue weighted by Crippen LogP contribution is 2.71. The van der Waals surface area contributed by atoms with E-state index >= 15 is 0 Å². The van der Waals surface area contributed by atoms with Gasteiger partial charge in [0, 0.05) is 0 Å². The minimum Gasteiger partial charge on any atom is -0.392 e. The third-order valence-corrected chi connectivity index (χ3v) is 7.04. The monoisotopic (exact) mass is 262 g/mol. The van der Waals surface area contributed by atoms with Gasteiger partial charge in [0.25, 0.3) is 0 Å². The van der Waals surface area contributed by atoms with Crippen LogP contribution in [0.4, 0.5) is 0 Å². The van der Waals surface area contributed by atoms with Crippen molar-refractivity contribution in [1.29, 1.82) is 0 Å². The molecule has 3 fully saturated rings. The minimum absolute atomic E-state index is 0.158. The van der Waals surface area contributed by atoms with Crippen molar-refractivity contribution in [3.8, 4) is 0 Å². The summed E-state index contributed by atoms with van der Waals surface area (Å²) in [6.45, 7) is 11.3. The first kappa shape index (κ1) is 13.7. The van der Waals surface area contributed by atoms with Crippen molar-refractivity contribution in [3.63, 3.8) is 0 Å². The van der Waals surface area contributed by atoms with E-state index < -0.39 is 0 Å². The lowest BCUT2D eigenvalue weighted by atomic mass is 9.62. The summed E-state index contributed by atoms with van der Waals surface area (Å²) in [7, 11) is 0. The largest absolute Gasteiger partial charge is 0.392 e. The van der Waals surface area contributed by atoms with Gasteiger partial charge in [0.2, 0.25) is 0 Å². The molecule has 0 aliphatic heterocycles. The van der Waals surface area contributed by atoms with Crippen LogP contribution in [0.1, 0.15) is 59.3 Å². The third-order valence-electron chi connectivity index (χ3n) is 7.04. The molecular weight excluding hydrogens is 232 g/mol. The summed E-state index contributed by atoms with van der Waals surface area (Å²) in [6, 6.07) is 0. The molecule has 6 atom stereocenters. The second-order valence-corrected chi connectivity index (χ2v) is 8.34. The Balaban J connectivity index is 1.98. The number of hydrogen-bond donors (Lipinski definition) is 1. The van der Waals surface area contributed by atoms with Gasteiger partial charge in [-0.1, -0.05) is 33.3 Å². The first-order chi connectivity index (χ1) is 8.92. The Bertz CT molecular complexity index is 372. The molecule has 1 nitrogen and oxygen atoms in total. The fraction of sp³-hybridized carbons (Fsp3) is 0.889. The quantitative estimate of drug-likeness (QED) is 0.747. The Morgan fingerprint density at radius 3 is 2.68 bits per heavy atom. The smallest absolute Gasteiger partial charge is 0.0610 e. The van der Waals surface area contributed by atoms with E-state index in [9.17, 15) is 5.11 Å². The Kier molecular flexibility index (Phi) is 3.13. The second-order valence-electron chi connectivity index (χ2n) is 8.34. The summed E-state index contributed by atoms with van der Waals surface area (Å²) in [5.41, 5.74) is 0.871. The SMILES string of the molecule is C=CC[C@@H](O)[C@H]1[C@H]2CC[C@@H]3[C@H]2C(C)(C)CCC[C@]13C. The van der Waals surface area contributed by atoms with Gasteiger partial charge in [-0.3, -0.25) is 0 Å². The molecule has 3 aliphatic rings. The van der Waals surface area contributed by atoms with E-state index in [1.807, 2.05) is 6.08 Å². The summed E-state index contributed by atoms with van der Waals surface area (Å²) < 4.78 is 0. The van der Waals surface area contributed by atoms with Crippen molar-refractivity contribution < 1.29 is 5.11 Å². The topological polar surface area (TPSA) is 20.2 Å². The van der Waals surface area contributed by atoms with Gasteiger partial charge in [-0.05, 0) is 66.6 Å². The lowest BCUT2D eigenvalue weighted by Gasteiger charge is -2.44. The molecular formula is C18H30O. The van der Waals surface area contributed by atoms with Crippen LogP contribution >= 0.6 is 0 Å². The van der Waals surface area contributed by atoms with Crippen LogP contribution in [0.5, 0.6) is 0 Å². The molecule has 108 valence electrons. The standard InChI is InChI=1S/C18H30O/c1-5-7-14(19)16-12-8-9-13-15(12)17(2,3)10-6-11-18(13,16)4/h5,12-16,19H,1,6-11H2,2-4H3/t12-,13+,14+,15-,16+,18-/m0/s1. The average Bonchev–Trinajstić information content (AvgIpc) is 2.80. The number of hydrogen-bond acceptors (Lipinski definition) is 1. The predicted molar refractivity (Wildman–Crippen MR) is 79.8 cm³/mol. The van der Waals surface area contributed by atoms with Crippen LogP contribution in [0.3, 0.4) is 0 Å². The van der Waals surface area contributed by atoms with E-state index in [2.05, 4.69) is 27.4 Å². The Hall–Kier alpha value is -0.300. The van der Waals surface area contributed by atoms with E-state index in [0.717, 1.165) is 24.2 Å². The van der Waals surface area contributed by atoms with Crippen molar-refractivity contribution in [2.24, 2.45) is 34.5 Å². The zero-order chi connectivity index (χ0) is 13.8. The van der Waals surface area contributed by atoms with Crippen molar-refractivity contribution in [1.82, 2.24) is 0 Å². The second kappa shape index (κ2) is 4.35. The molecule has 1 heteroatoms. The summed E-state index contributed by atoms with van der Waals surface area (Å²) in [5.74, 6) is 3.00. The first-order valence-electron chi connectivity index (χ1n) is 8.21. The molecule has 3 saturated carbocycles. The maximum Gasteiger partial charge on any atom is 0.0610 e. The van der Waals surface area contributed by atoms with Gasteiger partial charge in [0.1, 0.15) is 0 Å². The summed E-state index contributed by atoms with van der Waals surface area (Å²) >= 11 is 0. The van der Waals surface area contributed by atoms with Gasteiger partial charge in [-0.25, -0.2) is 0 Å². The highest BCUT2D eigenvalue weighted by molar-refractivity contribution is 5.14. The highest BCUT2D eigenvalue weighted by Gasteiger charge is 2.65. The van der Waals surface area contributed by atoms with E-state index in [1.165, 1.54) is 32.1 Å². The highest BCUT2D eigenvalue weighted by atomic mass is 16.3. The van der Waals surface area contributed by atoms with Crippen molar-refractivity contribution in [3.05, 3.63) is 12.7 Å². The number of aliphatic hydroxyl groups excluding tert-OH is 1. The minimum atomic E-state index is -0.158. The van der Waals surface area contributed by atoms with E-state index in [4.69, 9.17) is 0 Å².